The highest BCUT2D eigenvalue weighted by Crippen LogP contribution is 2.37. The maximum atomic E-state index is 12.3. The normalized spacial score (nSPS) is 17.9. The zero-order chi connectivity index (χ0) is 15.2. The summed E-state index contributed by atoms with van der Waals surface area (Å²) in [4.78, 5) is 14.3. The molecule has 1 amide bonds. The minimum Gasteiger partial charge on any atom is -0.493 e. The summed E-state index contributed by atoms with van der Waals surface area (Å²) in [5.41, 5.74) is 1.11. The molecular formula is C16H24N2O3. The maximum Gasteiger partial charge on any atom is 0.224 e. The Bertz CT molecular complexity index is 490. The number of benzene rings is 1. The fourth-order valence-electron chi connectivity index (χ4n) is 2.85. The average Bonchev–Trinajstić information content (AvgIpc) is 3.01. The number of carbonyl (C=O) groups is 1. The topological polar surface area (TPSA) is 50.8 Å². The van der Waals surface area contributed by atoms with Crippen LogP contribution in [0, 0.1) is 0 Å². The summed E-state index contributed by atoms with van der Waals surface area (Å²) in [6.07, 6.45) is 2.59. The molecule has 1 aliphatic rings. The maximum absolute atomic E-state index is 12.3. The van der Waals surface area contributed by atoms with Crippen molar-refractivity contribution in [3.05, 3.63) is 23.8 Å². The Morgan fingerprint density at radius 3 is 2.76 bits per heavy atom. The van der Waals surface area contributed by atoms with Crippen LogP contribution in [-0.2, 0) is 4.79 Å². The second-order valence-corrected chi connectivity index (χ2v) is 5.21. The van der Waals surface area contributed by atoms with Crippen LogP contribution in [-0.4, -0.2) is 45.2 Å². The lowest BCUT2D eigenvalue weighted by Crippen LogP contribution is -2.32. The van der Waals surface area contributed by atoms with Crippen LogP contribution < -0.4 is 14.8 Å². The van der Waals surface area contributed by atoms with Crippen LogP contribution in [0.3, 0.4) is 0 Å². The van der Waals surface area contributed by atoms with Crippen molar-refractivity contribution in [1.29, 1.82) is 0 Å². The van der Waals surface area contributed by atoms with Crippen LogP contribution in [0.2, 0.25) is 0 Å². The number of carbonyl (C=O) groups excluding carboxylic acids is 1. The molecule has 2 rings (SSSR count). The van der Waals surface area contributed by atoms with Crippen LogP contribution in [0.4, 0.5) is 0 Å². The number of amides is 1. The summed E-state index contributed by atoms with van der Waals surface area (Å²) < 4.78 is 10.6. The second-order valence-electron chi connectivity index (χ2n) is 5.21. The third-order valence-electron chi connectivity index (χ3n) is 3.95. The summed E-state index contributed by atoms with van der Waals surface area (Å²) in [7, 11) is 5.12. The molecule has 5 nitrogen and oxygen atoms in total. The van der Waals surface area contributed by atoms with E-state index in [4.69, 9.17) is 9.47 Å². The van der Waals surface area contributed by atoms with Gasteiger partial charge in [-0.3, -0.25) is 4.79 Å². The molecule has 1 aromatic carbocycles. The molecule has 1 fully saturated rings. The van der Waals surface area contributed by atoms with E-state index in [0.29, 0.717) is 24.5 Å². The lowest BCUT2D eigenvalue weighted by atomic mass is 10.0. The largest absolute Gasteiger partial charge is 0.493 e. The smallest absolute Gasteiger partial charge is 0.224 e. The van der Waals surface area contributed by atoms with Gasteiger partial charge in [0.2, 0.25) is 5.91 Å². The van der Waals surface area contributed by atoms with Crippen molar-refractivity contribution in [3.63, 3.8) is 0 Å². The molecule has 0 aromatic heterocycles. The van der Waals surface area contributed by atoms with Gasteiger partial charge in [-0.25, -0.2) is 0 Å². The van der Waals surface area contributed by atoms with Crippen molar-refractivity contribution in [2.75, 3.05) is 34.4 Å². The van der Waals surface area contributed by atoms with E-state index >= 15 is 0 Å². The Hall–Kier alpha value is -1.75. The van der Waals surface area contributed by atoms with Gasteiger partial charge in [-0.15, -0.1) is 0 Å². The number of hydrogen-bond acceptors (Lipinski definition) is 4. The Morgan fingerprint density at radius 1 is 1.33 bits per heavy atom. The summed E-state index contributed by atoms with van der Waals surface area (Å²) in [6, 6.07) is 6.06. The predicted octanol–water partition coefficient (Wildman–Crippen LogP) is 1.98. The number of hydrogen-bond donors (Lipinski definition) is 1. The molecule has 1 aromatic rings. The Kier molecular flexibility index (Phi) is 5.44. The van der Waals surface area contributed by atoms with Gasteiger partial charge in [-0.2, -0.15) is 0 Å². The Morgan fingerprint density at radius 2 is 2.10 bits per heavy atom. The summed E-state index contributed by atoms with van der Waals surface area (Å²) >= 11 is 0. The predicted molar refractivity (Wildman–Crippen MR) is 81.8 cm³/mol. The van der Waals surface area contributed by atoms with E-state index in [1.165, 1.54) is 0 Å². The van der Waals surface area contributed by atoms with Gasteiger partial charge in [0, 0.05) is 19.5 Å². The molecule has 1 N–H and O–H groups in total. The van der Waals surface area contributed by atoms with Crippen LogP contribution in [0.1, 0.15) is 30.9 Å². The van der Waals surface area contributed by atoms with Gasteiger partial charge in [0.05, 0.1) is 20.3 Å². The highest BCUT2D eigenvalue weighted by molar-refractivity contribution is 5.77. The third-order valence-corrected chi connectivity index (χ3v) is 3.95. The molecule has 1 atom stereocenters. The molecule has 0 bridgehead atoms. The van der Waals surface area contributed by atoms with E-state index in [9.17, 15) is 4.79 Å². The van der Waals surface area contributed by atoms with E-state index < -0.39 is 0 Å². The minimum atomic E-state index is 0.147. The summed E-state index contributed by atoms with van der Waals surface area (Å²) in [6.45, 7) is 1.55. The van der Waals surface area contributed by atoms with E-state index in [1.54, 1.807) is 14.2 Å². The Balaban J connectivity index is 2.17. The first-order valence-corrected chi connectivity index (χ1v) is 7.37. The highest BCUT2D eigenvalue weighted by atomic mass is 16.5. The molecule has 0 spiro atoms. The van der Waals surface area contributed by atoms with Crippen molar-refractivity contribution >= 4 is 5.91 Å². The molecule has 21 heavy (non-hydrogen) atoms. The Labute approximate surface area is 126 Å². The number of nitrogens with zero attached hydrogens (tertiary/aromatic N) is 1. The SMILES string of the molecule is CNCCC(=O)N1CCCC1c1ccc(OC)c(OC)c1. The summed E-state index contributed by atoms with van der Waals surface area (Å²) in [5, 5.41) is 3.03. The fourth-order valence-corrected chi connectivity index (χ4v) is 2.85. The molecule has 0 radical (unpaired) electrons. The molecular weight excluding hydrogens is 268 g/mol. The summed E-state index contributed by atoms with van der Waals surface area (Å²) in [5.74, 6) is 1.64. The second kappa shape index (κ2) is 7.31. The van der Waals surface area contributed by atoms with Crippen LogP contribution in [0.15, 0.2) is 18.2 Å². The molecule has 0 aliphatic carbocycles. The molecule has 1 unspecified atom stereocenters. The standard InChI is InChI=1S/C16H24N2O3/c1-17-9-8-16(19)18-10-4-5-13(18)12-6-7-14(20-2)15(11-12)21-3/h6-7,11,13,17H,4-5,8-10H2,1-3H3. The first kappa shape index (κ1) is 15.6. The van der Waals surface area contributed by atoms with Crippen LogP contribution in [0.25, 0.3) is 0 Å². The lowest BCUT2D eigenvalue weighted by Gasteiger charge is -2.25. The average molecular weight is 292 g/mol. The van der Waals surface area contributed by atoms with Crippen molar-refractivity contribution in [1.82, 2.24) is 10.2 Å². The molecule has 0 saturated carbocycles. The first-order valence-electron chi connectivity index (χ1n) is 7.37. The molecule has 1 saturated heterocycles. The molecule has 116 valence electrons. The number of likely N-dealkylation sites (tertiary alicyclic amines) is 1. The van der Waals surface area contributed by atoms with Crippen molar-refractivity contribution in [3.8, 4) is 11.5 Å². The van der Waals surface area contributed by atoms with E-state index in [-0.39, 0.29) is 11.9 Å². The van der Waals surface area contributed by atoms with Crippen LogP contribution in [0.5, 0.6) is 11.5 Å². The zero-order valence-corrected chi connectivity index (χ0v) is 13.0. The van der Waals surface area contributed by atoms with Gasteiger partial charge in [-0.05, 0) is 37.6 Å². The van der Waals surface area contributed by atoms with Gasteiger partial charge in [0.15, 0.2) is 11.5 Å². The van der Waals surface area contributed by atoms with E-state index in [1.807, 2.05) is 30.1 Å². The van der Waals surface area contributed by atoms with Crippen molar-refractivity contribution < 1.29 is 14.3 Å². The molecule has 1 aliphatic heterocycles. The number of ether oxygens (including phenoxy) is 2. The highest BCUT2D eigenvalue weighted by Gasteiger charge is 2.29. The number of methoxy groups -OCH3 is 2. The zero-order valence-electron chi connectivity index (χ0n) is 13.0. The third kappa shape index (κ3) is 3.47. The van der Waals surface area contributed by atoms with Crippen molar-refractivity contribution in [2.45, 2.75) is 25.3 Å². The monoisotopic (exact) mass is 292 g/mol. The first-order chi connectivity index (χ1) is 10.2. The molecule has 5 heteroatoms. The van der Waals surface area contributed by atoms with Gasteiger partial charge in [0.25, 0.3) is 0 Å². The van der Waals surface area contributed by atoms with Crippen molar-refractivity contribution in [2.24, 2.45) is 0 Å². The molecule has 1 heterocycles. The van der Waals surface area contributed by atoms with Gasteiger partial charge < -0.3 is 19.7 Å². The van der Waals surface area contributed by atoms with Gasteiger partial charge in [-0.1, -0.05) is 6.07 Å². The lowest BCUT2D eigenvalue weighted by molar-refractivity contribution is -0.132. The number of rotatable bonds is 6. The quantitative estimate of drug-likeness (QED) is 0.871. The number of nitrogens with one attached hydrogen (secondary N) is 1. The van der Waals surface area contributed by atoms with Gasteiger partial charge >= 0.3 is 0 Å². The minimum absolute atomic E-state index is 0.147. The van der Waals surface area contributed by atoms with Crippen LogP contribution >= 0.6 is 0 Å². The van der Waals surface area contributed by atoms with E-state index in [0.717, 1.165) is 24.9 Å². The van der Waals surface area contributed by atoms with Gasteiger partial charge in [0.1, 0.15) is 0 Å². The van der Waals surface area contributed by atoms with E-state index in [2.05, 4.69) is 5.32 Å². The fraction of sp³-hybridized carbons (Fsp3) is 0.562.